The van der Waals surface area contributed by atoms with Crippen LogP contribution in [-0.4, -0.2) is 19.3 Å². The summed E-state index contributed by atoms with van der Waals surface area (Å²) < 4.78 is 17.0. The molecule has 142 valence electrons. The van der Waals surface area contributed by atoms with E-state index in [9.17, 15) is 9.18 Å². The van der Waals surface area contributed by atoms with Gasteiger partial charge in [0.05, 0.1) is 17.1 Å². The number of hydrogen-bond acceptors (Lipinski definition) is 5. The van der Waals surface area contributed by atoms with Gasteiger partial charge >= 0.3 is 0 Å². The molecule has 28 heavy (non-hydrogen) atoms. The van der Waals surface area contributed by atoms with Gasteiger partial charge in [-0.25, -0.2) is 14.1 Å². The standard InChI is InChI=1S/C20H19FN6O/c1-12(23-16-11-18(22)25-26(2)20(16)28)19-24-15-9-8-13(21)10-17(15)27(19)14-6-4-3-5-7-14/h3-12,23H,1-2H3,(H2,22,25)/t12-/m0/s1. The van der Waals surface area contributed by atoms with E-state index in [0.29, 0.717) is 22.5 Å². The van der Waals surface area contributed by atoms with E-state index in [4.69, 9.17) is 5.73 Å². The van der Waals surface area contributed by atoms with Crippen LogP contribution in [0.5, 0.6) is 0 Å². The molecule has 7 nitrogen and oxygen atoms in total. The number of anilines is 2. The Kier molecular flexibility index (Phi) is 4.31. The predicted molar refractivity (Wildman–Crippen MR) is 107 cm³/mol. The normalized spacial score (nSPS) is 12.2. The lowest BCUT2D eigenvalue weighted by Gasteiger charge is -2.17. The molecule has 1 atom stereocenters. The average molecular weight is 378 g/mol. The Labute approximate surface area is 160 Å². The highest BCUT2D eigenvalue weighted by atomic mass is 19.1. The Bertz CT molecular complexity index is 1210. The Hall–Kier alpha value is -3.68. The van der Waals surface area contributed by atoms with Gasteiger partial charge in [-0.2, -0.15) is 5.10 Å². The molecule has 0 unspecified atom stereocenters. The number of nitrogens with one attached hydrogen (secondary N) is 1. The van der Waals surface area contributed by atoms with Gasteiger partial charge in [0.2, 0.25) is 0 Å². The van der Waals surface area contributed by atoms with Crippen molar-refractivity contribution in [2.24, 2.45) is 7.05 Å². The Morgan fingerprint density at radius 2 is 1.89 bits per heavy atom. The van der Waals surface area contributed by atoms with E-state index in [-0.39, 0.29) is 23.2 Å². The Morgan fingerprint density at radius 1 is 1.14 bits per heavy atom. The van der Waals surface area contributed by atoms with E-state index in [1.807, 2.05) is 41.8 Å². The van der Waals surface area contributed by atoms with Crippen LogP contribution in [0.25, 0.3) is 16.7 Å². The first-order valence-electron chi connectivity index (χ1n) is 8.78. The molecule has 8 heteroatoms. The third-order valence-corrected chi connectivity index (χ3v) is 4.50. The summed E-state index contributed by atoms with van der Waals surface area (Å²) in [6, 6.07) is 15.2. The Morgan fingerprint density at radius 3 is 2.64 bits per heavy atom. The summed E-state index contributed by atoms with van der Waals surface area (Å²) in [4.78, 5) is 17.0. The molecule has 0 bridgehead atoms. The maximum atomic E-state index is 13.9. The van der Waals surface area contributed by atoms with Crippen LogP contribution in [-0.2, 0) is 7.05 Å². The number of hydrogen-bond donors (Lipinski definition) is 2. The molecule has 0 fully saturated rings. The fraction of sp³-hybridized carbons (Fsp3) is 0.150. The summed E-state index contributed by atoms with van der Waals surface area (Å²) >= 11 is 0. The second kappa shape index (κ2) is 6.80. The molecule has 0 aliphatic heterocycles. The number of benzene rings is 2. The molecule has 0 aliphatic rings. The van der Waals surface area contributed by atoms with Gasteiger partial charge < -0.3 is 11.1 Å². The molecule has 2 aromatic heterocycles. The van der Waals surface area contributed by atoms with E-state index < -0.39 is 0 Å². The zero-order valence-corrected chi connectivity index (χ0v) is 15.4. The van der Waals surface area contributed by atoms with Crippen LogP contribution in [0, 0.1) is 5.82 Å². The van der Waals surface area contributed by atoms with Crippen molar-refractivity contribution in [1.82, 2.24) is 19.3 Å². The minimum atomic E-state index is -0.356. The predicted octanol–water partition coefficient (Wildman–Crippen LogP) is 3.01. The van der Waals surface area contributed by atoms with Gasteiger partial charge in [-0.3, -0.25) is 9.36 Å². The van der Waals surface area contributed by atoms with Crippen LogP contribution >= 0.6 is 0 Å². The van der Waals surface area contributed by atoms with Crippen LogP contribution in [0.4, 0.5) is 15.9 Å². The second-order valence-corrected chi connectivity index (χ2v) is 6.55. The van der Waals surface area contributed by atoms with Gasteiger partial charge in [0.15, 0.2) is 0 Å². The van der Waals surface area contributed by atoms with Crippen LogP contribution < -0.4 is 16.6 Å². The number of aryl methyl sites for hydroxylation is 1. The first-order valence-corrected chi connectivity index (χ1v) is 8.78. The first kappa shape index (κ1) is 17.7. The summed E-state index contributed by atoms with van der Waals surface area (Å²) in [5, 5.41) is 7.07. The summed E-state index contributed by atoms with van der Waals surface area (Å²) in [5.41, 5.74) is 7.95. The zero-order valence-electron chi connectivity index (χ0n) is 15.4. The molecule has 0 saturated carbocycles. The van der Waals surface area contributed by atoms with Crippen molar-refractivity contribution < 1.29 is 4.39 Å². The number of nitrogens with two attached hydrogens (primary N) is 1. The third kappa shape index (κ3) is 3.09. The fourth-order valence-corrected chi connectivity index (χ4v) is 3.24. The van der Waals surface area contributed by atoms with Crippen LogP contribution in [0.1, 0.15) is 18.8 Å². The molecular weight excluding hydrogens is 359 g/mol. The molecule has 0 saturated heterocycles. The molecule has 0 amide bonds. The average Bonchev–Trinajstić information content (AvgIpc) is 3.05. The zero-order chi connectivity index (χ0) is 19.8. The first-order chi connectivity index (χ1) is 13.4. The quantitative estimate of drug-likeness (QED) is 0.570. The SMILES string of the molecule is C[C@H](Nc1cc(N)nn(C)c1=O)c1nc2ccc(F)cc2n1-c1ccccc1. The fourth-order valence-electron chi connectivity index (χ4n) is 3.24. The van der Waals surface area contributed by atoms with E-state index in [1.54, 1.807) is 6.07 Å². The van der Waals surface area contributed by atoms with Crippen molar-refractivity contribution in [2.75, 3.05) is 11.1 Å². The molecule has 3 N–H and O–H groups in total. The van der Waals surface area contributed by atoms with Gasteiger partial charge in [0.25, 0.3) is 5.56 Å². The van der Waals surface area contributed by atoms with Gasteiger partial charge in [-0.15, -0.1) is 0 Å². The second-order valence-electron chi connectivity index (χ2n) is 6.55. The van der Waals surface area contributed by atoms with Crippen molar-refractivity contribution in [3.05, 3.63) is 76.6 Å². The van der Waals surface area contributed by atoms with Crippen molar-refractivity contribution in [1.29, 1.82) is 0 Å². The molecule has 4 aromatic rings. The molecule has 4 rings (SSSR count). The van der Waals surface area contributed by atoms with Gasteiger partial charge in [-0.1, -0.05) is 18.2 Å². The van der Waals surface area contributed by atoms with E-state index >= 15 is 0 Å². The third-order valence-electron chi connectivity index (χ3n) is 4.50. The summed E-state index contributed by atoms with van der Waals surface area (Å²) in [6.45, 7) is 1.88. The van der Waals surface area contributed by atoms with Crippen molar-refractivity contribution in [3.8, 4) is 5.69 Å². The highest BCUT2D eigenvalue weighted by Crippen LogP contribution is 2.27. The maximum absolute atomic E-state index is 13.9. The van der Waals surface area contributed by atoms with Gasteiger partial charge in [0.1, 0.15) is 23.1 Å². The molecular formula is C20H19FN6O. The van der Waals surface area contributed by atoms with Crippen molar-refractivity contribution in [3.63, 3.8) is 0 Å². The van der Waals surface area contributed by atoms with Crippen LogP contribution in [0.15, 0.2) is 59.4 Å². The number of nitrogens with zero attached hydrogens (tertiary/aromatic N) is 4. The number of halogens is 1. The monoisotopic (exact) mass is 378 g/mol. The number of aromatic nitrogens is 4. The minimum absolute atomic E-state index is 0.232. The number of imidazole rings is 1. The number of rotatable bonds is 4. The molecule has 0 spiro atoms. The lowest BCUT2D eigenvalue weighted by atomic mass is 10.2. The highest BCUT2D eigenvalue weighted by Gasteiger charge is 2.19. The number of para-hydroxylation sites is 1. The van der Waals surface area contributed by atoms with Crippen molar-refractivity contribution >= 4 is 22.5 Å². The minimum Gasteiger partial charge on any atom is -0.382 e. The largest absolute Gasteiger partial charge is 0.382 e. The molecule has 2 aromatic carbocycles. The molecule has 0 aliphatic carbocycles. The summed E-state index contributed by atoms with van der Waals surface area (Å²) in [5.74, 6) is 0.534. The summed E-state index contributed by atoms with van der Waals surface area (Å²) in [6.07, 6.45) is 0. The smallest absolute Gasteiger partial charge is 0.289 e. The summed E-state index contributed by atoms with van der Waals surface area (Å²) in [7, 11) is 1.54. The number of fused-ring (bicyclic) bond motifs is 1. The van der Waals surface area contributed by atoms with Crippen molar-refractivity contribution in [2.45, 2.75) is 13.0 Å². The molecule has 2 heterocycles. The van der Waals surface area contributed by atoms with E-state index in [1.165, 1.54) is 29.9 Å². The topological polar surface area (TPSA) is 90.8 Å². The van der Waals surface area contributed by atoms with E-state index in [0.717, 1.165) is 5.69 Å². The Balaban J connectivity index is 1.85. The maximum Gasteiger partial charge on any atom is 0.289 e. The van der Waals surface area contributed by atoms with Gasteiger partial charge in [0, 0.05) is 24.9 Å². The van der Waals surface area contributed by atoms with Crippen LogP contribution in [0.3, 0.4) is 0 Å². The van der Waals surface area contributed by atoms with E-state index in [2.05, 4.69) is 15.4 Å². The molecule has 0 radical (unpaired) electrons. The lowest BCUT2D eigenvalue weighted by molar-refractivity contribution is 0.629. The number of nitrogen functional groups attached to an aromatic ring is 1. The highest BCUT2D eigenvalue weighted by molar-refractivity contribution is 5.78. The van der Waals surface area contributed by atoms with Crippen LogP contribution in [0.2, 0.25) is 0 Å². The van der Waals surface area contributed by atoms with Gasteiger partial charge in [-0.05, 0) is 31.2 Å². The lowest BCUT2D eigenvalue weighted by Crippen LogP contribution is -2.26.